The van der Waals surface area contributed by atoms with E-state index in [0.717, 1.165) is 55.3 Å². The molecule has 5 nitrogen and oxygen atoms in total. The highest BCUT2D eigenvalue weighted by Crippen LogP contribution is 2.39. The van der Waals surface area contributed by atoms with Crippen molar-refractivity contribution in [3.05, 3.63) is 170 Å². The molecule has 0 unspecified atom stereocenters. The van der Waals surface area contributed by atoms with Gasteiger partial charge in [0.1, 0.15) is 11.2 Å². The average molecular weight is 641 g/mol. The molecule has 5 heteroatoms. The lowest BCUT2D eigenvalue weighted by atomic mass is 10.0. The van der Waals surface area contributed by atoms with Crippen molar-refractivity contribution >= 4 is 43.7 Å². The molecular weight excluding hydrogens is 613 g/mol. The number of fused-ring (bicyclic) bond motifs is 6. The fourth-order valence-corrected chi connectivity index (χ4v) is 7.13. The fraction of sp³-hybridized carbons (Fsp3) is 0. The van der Waals surface area contributed by atoms with Crippen LogP contribution in [0.15, 0.2) is 174 Å². The Morgan fingerprint density at radius 3 is 1.72 bits per heavy atom. The summed E-state index contributed by atoms with van der Waals surface area (Å²) in [5, 5.41) is 4.42. The van der Waals surface area contributed by atoms with Gasteiger partial charge in [-0.15, -0.1) is 0 Å². The minimum atomic E-state index is 0.603. The Morgan fingerprint density at radius 1 is 0.380 bits per heavy atom. The van der Waals surface area contributed by atoms with Crippen molar-refractivity contribution in [3.63, 3.8) is 0 Å². The van der Waals surface area contributed by atoms with Crippen LogP contribution in [0.1, 0.15) is 0 Å². The SMILES string of the molecule is c1ccc(-c2ccc3c(c2)c2ccccc2n3-c2ccc3c(c2)oc2cccc(-c4nc(-c5ccccc5)nc(-c5ccccc5)n4)c23)cc1. The number of furan rings is 1. The molecular formula is C45H28N4O. The minimum absolute atomic E-state index is 0.603. The van der Waals surface area contributed by atoms with Gasteiger partial charge in [-0.1, -0.05) is 127 Å². The molecule has 3 aromatic heterocycles. The summed E-state index contributed by atoms with van der Waals surface area (Å²) in [4.78, 5) is 14.9. The van der Waals surface area contributed by atoms with Crippen LogP contribution in [-0.2, 0) is 0 Å². The van der Waals surface area contributed by atoms with Gasteiger partial charge in [-0.2, -0.15) is 0 Å². The summed E-state index contributed by atoms with van der Waals surface area (Å²) in [5.74, 6) is 1.86. The summed E-state index contributed by atoms with van der Waals surface area (Å²) in [6.45, 7) is 0. The first-order valence-corrected chi connectivity index (χ1v) is 16.7. The van der Waals surface area contributed by atoms with Gasteiger partial charge < -0.3 is 8.98 Å². The van der Waals surface area contributed by atoms with Crippen LogP contribution in [0, 0.1) is 0 Å². The van der Waals surface area contributed by atoms with Crippen LogP contribution >= 0.6 is 0 Å². The van der Waals surface area contributed by atoms with E-state index >= 15 is 0 Å². The molecule has 0 N–H and O–H groups in total. The molecule has 0 aliphatic heterocycles. The van der Waals surface area contributed by atoms with Gasteiger partial charge in [-0.05, 0) is 47.5 Å². The van der Waals surface area contributed by atoms with Crippen molar-refractivity contribution in [2.45, 2.75) is 0 Å². The van der Waals surface area contributed by atoms with Gasteiger partial charge in [0.15, 0.2) is 17.5 Å². The quantitative estimate of drug-likeness (QED) is 0.188. The summed E-state index contributed by atoms with van der Waals surface area (Å²) < 4.78 is 8.93. The van der Waals surface area contributed by atoms with Crippen LogP contribution in [0.5, 0.6) is 0 Å². The Kier molecular flexibility index (Phi) is 6.42. The predicted molar refractivity (Wildman–Crippen MR) is 203 cm³/mol. The first-order valence-electron chi connectivity index (χ1n) is 16.7. The molecule has 7 aromatic carbocycles. The van der Waals surface area contributed by atoms with Crippen LogP contribution in [0.25, 0.3) is 94.7 Å². The number of aromatic nitrogens is 4. The molecule has 3 heterocycles. The van der Waals surface area contributed by atoms with Crippen molar-refractivity contribution in [2.24, 2.45) is 0 Å². The molecule has 0 aliphatic rings. The van der Waals surface area contributed by atoms with Crippen molar-refractivity contribution in [1.29, 1.82) is 0 Å². The van der Waals surface area contributed by atoms with Crippen LogP contribution in [0.3, 0.4) is 0 Å². The van der Waals surface area contributed by atoms with E-state index in [0.29, 0.717) is 17.5 Å². The van der Waals surface area contributed by atoms with Gasteiger partial charge in [0.05, 0.1) is 11.0 Å². The van der Waals surface area contributed by atoms with Gasteiger partial charge in [0.25, 0.3) is 0 Å². The Bertz CT molecular complexity index is 2800. The van der Waals surface area contributed by atoms with Gasteiger partial charge in [-0.3, -0.25) is 0 Å². The second-order valence-electron chi connectivity index (χ2n) is 12.5. The molecule has 0 aliphatic carbocycles. The van der Waals surface area contributed by atoms with Crippen LogP contribution in [0.4, 0.5) is 0 Å². The van der Waals surface area contributed by atoms with Gasteiger partial charge >= 0.3 is 0 Å². The molecule has 0 spiro atoms. The zero-order valence-electron chi connectivity index (χ0n) is 26.9. The van der Waals surface area contributed by atoms with Crippen molar-refractivity contribution in [1.82, 2.24) is 19.5 Å². The first-order chi connectivity index (χ1) is 24.8. The summed E-state index contributed by atoms with van der Waals surface area (Å²) in [6, 6.07) is 58.6. The molecule has 0 fully saturated rings. The Labute approximate surface area is 287 Å². The van der Waals surface area contributed by atoms with Crippen molar-refractivity contribution in [3.8, 4) is 51.0 Å². The predicted octanol–water partition coefficient (Wildman–Crippen LogP) is 11.5. The zero-order chi connectivity index (χ0) is 33.0. The van der Waals surface area contributed by atoms with Crippen LogP contribution in [0.2, 0.25) is 0 Å². The van der Waals surface area contributed by atoms with Gasteiger partial charge in [0, 0.05) is 50.0 Å². The molecule has 10 aromatic rings. The van der Waals surface area contributed by atoms with Crippen molar-refractivity contribution < 1.29 is 4.42 Å². The molecule has 234 valence electrons. The van der Waals surface area contributed by atoms with E-state index < -0.39 is 0 Å². The van der Waals surface area contributed by atoms with E-state index in [-0.39, 0.29) is 0 Å². The summed E-state index contributed by atoms with van der Waals surface area (Å²) in [5.41, 5.74) is 10.1. The van der Waals surface area contributed by atoms with E-state index in [4.69, 9.17) is 19.4 Å². The number of para-hydroxylation sites is 1. The normalized spacial score (nSPS) is 11.6. The van der Waals surface area contributed by atoms with E-state index in [2.05, 4.69) is 102 Å². The first kappa shape index (κ1) is 28.2. The largest absolute Gasteiger partial charge is 0.456 e. The topological polar surface area (TPSA) is 56.7 Å². The van der Waals surface area contributed by atoms with Crippen LogP contribution < -0.4 is 0 Å². The zero-order valence-corrected chi connectivity index (χ0v) is 26.9. The van der Waals surface area contributed by atoms with Crippen LogP contribution in [-0.4, -0.2) is 19.5 Å². The second-order valence-corrected chi connectivity index (χ2v) is 12.5. The number of benzene rings is 7. The van der Waals surface area contributed by atoms with E-state index in [1.807, 2.05) is 72.8 Å². The second kappa shape index (κ2) is 11.4. The lowest BCUT2D eigenvalue weighted by molar-refractivity contribution is 0.668. The van der Waals surface area contributed by atoms with E-state index in [9.17, 15) is 0 Å². The third-order valence-electron chi connectivity index (χ3n) is 9.46. The average Bonchev–Trinajstić information content (AvgIpc) is 3.74. The number of hydrogen-bond donors (Lipinski definition) is 0. The molecule has 0 atom stereocenters. The third-order valence-corrected chi connectivity index (χ3v) is 9.46. The molecule has 0 saturated heterocycles. The van der Waals surface area contributed by atoms with Crippen molar-refractivity contribution in [2.75, 3.05) is 0 Å². The Hall–Kier alpha value is -6.85. The lowest BCUT2D eigenvalue weighted by Crippen LogP contribution is -2.00. The molecule has 0 bridgehead atoms. The monoisotopic (exact) mass is 640 g/mol. The lowest BCUT2D eigenvalue weighted by Gasteiger charge is -2.09. The number of nitrogens with zero attached hydrogens (tertiary/aromatic N) is 4. The van der Waals surface area contributed by atoms with Gasteiger partial charge in [-0.25, -0.2) is 15.0 Å². The summed E-state index contributed by atoms with van der Waals surface area (Å²) >= 11 is 0. The number of hydrogen-bond acceptors (Lipinski definition) is 4. The fourth-order valence-electron chi connectivity index (χ4n) is 7.13. The molecule has 50 heavy (non-hydrogen) atoms. The third kappa shape index (κ3) is 4.60. The van der Waals surface area contributed by atoms with Gasteiger partial charge in [0.2, 0.25) is 0 Å². The summed E-state index contributed by atoms with van der Waals surface area (Å²) in [7, 11) is 0. The summed E-state index contributed by atoms with van der Waals surface area (Å²) in [6.07, 6.45) is 0. The molecule has 0 saturated carbocycles. The number of rotatable bonds is 5. The van der Waals surface area contributed by atoms with E-state index in [1.54, 1.807) is 0 Å². The highest BCUT2D eigenvalue weighted by Gasteiger charge is 2.19. The smallest absolute Gasteiger partial charge is 0.164 e. The molecule has 10 rings (SSSR count). The van der Waals surface area contributed by atoms with E-state index in [1.165, 1.54) is 21.9 Å². The Morgan fingerprint density at radius 2 is 1.00 bits per heavy atom. The highest BCUT2D eigenvalue weighted by molar-refractivity contribution is 6.13. The molecule has 0 amide bonds. The highest BCUT2D eigenvalue weighted by atomic mass is 16.3. The maximum absolute atomic E-state index is 6.60. The standard InChI is InChI=1S/C45H28N4O/c1-4-13-29(14-5-1)32-23-26-39-37(27-32)34-19-10-11-21-38(34)49(39)33-24-25-35-41(28-33)50-40-22-12-20-36(42(35)40)45-47-43(30-15-6-2-7-16-30)46-44(48-45)31-17-8-3-9-18-31/h1-28H. The Balaban J connectivity index is 1.15. The maximum atomic E-state index is 6.60. The maximum Gasteiger partial charge on any atom is 0.164 e. The molecule has 0 radical (unpaired) electrons. The minimum Gasteiger partial charge on any atom is -0.456 e.